The lowest BCUT2D eigenvalue weighted by molar-refractivity contribution is -0.125. The number of carbonyl (C=O) groups is 1. The molecule has 0 aromatic carbocycles. The molecular weight excluding hydrogens is 252 g/mol. The van der Waals surface area contributed by atoms with E-state index in [1.165, 1.54) is 0 Å². The third-order valence-corrected chi connectivity index (χ3v) is 2.93. The SMILES string of the molecule is COC(CNC(=O)[C@@H](N)C(C)(C)C)C(C)(C)C.Cl. The van der Waals surface area contributed by atoms with Crippen molar-refractivity contribution >= 4 is 18.3 Å². The van der Waals surface area contributed by atoms with E-state index in [4.69, 9.17) is 10.5 Å². The number of amides is 1. The molecule has 0 saturated carbocycles. The predicted molar refractivity (Wildman–Crippen MR) is 77.9 cm³/mol. The average Bonchev–Trinajstić information content (AvgIpc) is 2.13. The number of hydrogen-bond acceptors (Lipinski definition) is 3. The van der Waals surface area contributed by atoms with E-state index in [0.717, 1.165) is 0 Å². The van der Waals surface area contributed by atoms with Crippen molar-refractivity contribution in [1.29, 1.82) is 0 Å². The summed E-state index contributed by atoms with van der Waals surface area (Å²) in [5, 5.41) is 2.86. The van der Waals surface area contributed by atoms with Crippen molar-refractivity contribution in [3.8, 4) is 0 Å². The summed E-state index contributed by atoms with van der Waals surface area (Å²) in [5.41, 5.74) is 5.64. The Morgan fingerprint density at radius 2 is 1.61 bits per heavy atom. The molecule has 110 valence electrons. The molecule has 0 aliphatic heterocycles. The summed E-state index contributed by atoms with van der Waals surface area (Å²) in [5.74, 6) is -0.121. The Balaban J connectivity index is 0. The molecule has 0 aromatic rings. The van der Waals surface area contributed by atoms with Gasteiger partial charge in [-0.3, -0.25) is 4.79 Å². The Kier molecular flexibility index (Phi) is 8.13. The van der Waals surface area contributed by atoms with E-state index in [2.05, 4.69) is 26.1 Å². The van der Waals surface area contributed by atoms with Gasteiger partial charge in [0.25, 0.3) is 0 Å². The summed E-state index contributed by atoms with van der Waals surface area (Å²) in [6.07, 6.45) is -0.0152. The van der Waals surface area contributed by atoms with Crippen LogP contribution in [0.1, 0.15) is 41.5 Å². The summed E-state index contributed by atoms with van der Waals surface area (Å²) in [6, 6.07) is -0.500. The van der Waals surface area contributed by atoms with E-state index in [9.17, 15) is 4.79 Å². The number of nitrogens with one attached hydrogen (secondary N) is 1. The monoisotopic (exact) mass is 280 g/mol. The highest BCUT2D eigenvalue weighted by Gasteiger charge is 2.29. The number of methoxy groups -OCH3 is 1. The van der Waals surface area contributed by atoms with Crippen LogP contribution in [0.4, 0.5) is 0 Å². The van der Waals surface area contributed by atoms with Crippen molar-refractivity contribution in [2.75, 3.05) is 13.7 Å². The zero-order valence-electron chi connectivity index (χ0n) is 12.7. The molecule has 0 heterocycles. The lowest BCUT2D eigenvalue weighted by Crippen LogP contribution is -2.51. The van der Waals surface area contributed by atoms with Gasteiger partial charge in [-0.15, -0.1) is 12.4 Å². The molecule has 2 atom stereocenters. The second-order valence-corrected chi connectivity index (χ2v) is 6.68. The van der Waals surface area contributed by atoms with E-state index < -0.39 is 6.04 Å². The molecule has 1 unspecified atom stereocenters. The highest BCUT2D eigenvalue weighted by molar-refractivity contribution is 5.85. The van der Waals surface area contributed by atoms with Crippen molar-refractivity contribution < 1.29 is 9.53 Å². The fourth-order valence-electron chi connectivity index (χ4n) is 1.44. The van der Waals surface area contributed by atoms with Gasteiger partial charge in [0.1, 0.15) is 0 Å². The molecule has 3 N–H and O–H groups in total. The lowest BCUT2D eigenvalue weighted by Gasteiger charge is -2.31. The van der Waals surface area contributed by atoms with E-state index in [-0.39, 0.29) is 35.2 Å². The molecule has 18 heavy (non-hydrogen) atoms. The van der Waals surface area contributed by atoms with Gasteiger partial charge in [0.05, 0.1) is 12.1 Å². The van der Waals surface area contributed by atoms with Crippen LogP contribution in [-0.2, 0) is 9.53 Å². The first-order valence-corrected chi connectivity index (χ1v) is 6.06. The summed E-state index contributed by atoms with van der Waals surface area (Å²) >= 11 is 0. The molecule has 0 aliphatic rings. The van der Waals surface area contributed by atoms with Crippen molar-refractivity contribution in [3.63, 3.8) is 0 Å². The topological polar surface area (TPSA) is 64.3 Å². The minimum Gasteiger partial charge on any atom is -0.379 e. The minimum atomic E-state index is -0.500. The Labute approximate surface area is 117 Å². The van der Waals surface area contributed by atoms with Crippen LogP contribution >= 0.6 is 12.4 Å². The van der Waals surface area contributed by atoms with Gasteiger partial charge in [-0.25, -0.2) is 0 Å². The maximum absolute atomic E-state index is 11.8. The van der Waals surface area contributed by atoms with Crippen LogP contribution in [0.3, 0.4) is 0 Å². The van der Waals surface area contributed by atoms with Crippen LogP contribution in [0.15, 0.2) is 0 Å². The Bertz CT molecular complexity index is 257. The molecule has 0 rings (SSSR count). The highest BCUT2D eigenvalue weighted by Crippen LogP contribution is 2.21. The first-order valence-electron chi connectivity index (χ1n) is 6.06. The molecule has 0 saturated heterocycles. The summed E-state index contributed by atoms with van der Waals surface area (Å²) in [7, 11) is 1.66. The van der Waals surface area contributed by atoms with Crippen LogP contribution in [-0.4, -0.2) is 31.7 Å². The van der Waals surface area contributed by atoms with Gasteiger partial charge in [0.15, 0.2) is 0 Å². The predicted octanol–water partition coefficient (Wildman–Crippen LogP) is 1.96. The van der Waals surface area contributed by atoms with Gasteiger partial charge in [0.2, 0.25) is 5.91 Å². The van der Waals surface area contributed by atoms with E-state index in [1.807, 2.05) is 20.8 Å². The van der Waals surface area contributed by atoms with Crippen LogP contribution in [0.2, 0.25) is 0 Å². The Morgan fingerprint density at radius 3 is 1.89 bits per heavy atom. The van der Waals surface area contributed by atoms with E-state index >= 15 is 0 Å². The second kappa shape index (κ2) is 7.31. The largest absolute Gasteiger partial charge is 0.379 e. The number of rotatable bonds is 4. The molecule has 0 radical (unpaired) electrons. The fourth-order valence-corrected chi connectivity index (χ4v) is 1.44. The third kappa shape index (κ3) is 6.57. The Hall–Kier alpha value is -0.320. The molecular formula is C13H29ClN2O2. The fraction of sp³-hybridized carbons (Fsp3) is 0.923. The zero-order valence-corrected chi connectivity index (χ0v) is 13.5. The highest BCUT2D eigenvalue weighted by atomic mass is 35.5. The third-order valence-electron chi connectivity index (χ3n) is 2.93. The summed E-state index contributed by atoms with van der Waals surface area (Å²) in [6.45, 7) is 12.6. The molecule has 0 bridgehead atoms. The number of hydrogen-bond donors (Lipinski definition) is 2. The standard InChI is InChI=1S/C13H28N2O2.ClH/c1-12(2,3)9(17-7)8-15-11(16)10(14)13(4,5)6;/h9-10H,8,14H2,1-7H3,(H,15,16);1H/t9?,10-;/m1./s1. The van der Waals surface area contributed by atoms with E-state index in [0.29, 0.717) is 6.54 Å². The zero-order chi connectivity index (χ0) is 13.9. The number of carbonyl (C=O) groups excluding carboxylic acids is 1. The molecule has 0 aliphatic carbocycles. The van der Waals surface area contributed by atoms with Gasteiger partial charge in [-0.1, -0.05) is 41.5 Å². The van der Waals surface area contributed by atoms with E-state index in [1.54, 1.807) is 7.11 Å². The smallest absolute Gasteiger partial charge is 0.237 e. The van der Waals surface area contributed by atoms with Crippen LogP contribution in [0.25, 0.3) is 0 Å². The lowest BCUT2D eigenvalue weighted by atomic mass is 9.86. The molecule has 0 spiro atoms. The average molecular weight is 281 g/mol. The normalized spacial score (nSPS) is 15.6. The van der Waals surface area contributed by atoms with Crippen molar-refractivity contribution in [3.05, 3.63) is 0 Å². The molecule has 0 fully saturated rings. The van der Waals surface area contributed by atoms with Gasteiger partial charge in [0, 0.05) is 13.7 Å². The van der Waals surface area contributed by atoms with Crippen LogP contribution in [0.5, 0.6) is 0 Å². The Morgan fingerprint density at radius 1 is 1.17 bits per heavy atom. The number of nitrogens with two attached hydrogens (primary N) is 1. The number of halogens is 1. The maximum Gasteiger partial charge on any atom is 0.237 e. The first-order chi connectivity index (χ1) is 7.50. The second-order valence-electron chi connectivity index (χ2n) is 6.68. The quantitative estimate of drug-likeness (QED) is 0.827. The summed E-state index contributed by atoms with van der Waals surface area (Å²) < 4.78 is 5.37. The van der Waals surface area contributed by atoms with Gasteiger partial charge < -0.3 is 15.8 Å². The van der Waals surface area contributed by atoms with Crippen molar-refractivity contribution in [2.24, 2.45) is 16.6 Å². The van der Waals surface area contributed by atoms with Crippen LogP contribution in [0, 0.1) is 10.8 Å². The van der Waals surface area contributed by atoms with Gasteiger partial charge in [-0.2, -0.15) is 0 Å². The molecule has 4 nitrogen and oxygen atoms in total. The molecule has 5 heteroatoms. The minimum absolute atomic E-state index is 0. The van der Waals surface area contributed by atoms with Crippen molar-refractivity contribution in [2.45, 2.75) is 53.7 Å². The first kappa shape index (κ1) is 20.0. The van der Waals surface area contributed by atoms with Crippen LogP contribution < -0.4 is 11.1 Å². The van der Waals surface area contributed by atoms with Crippen molar-refractivity contribution in [1.82, 2.24) is 5.32 Å². The summed E-state index contributed by atoms with van der Waals surface area (Å²) in [4.78, 5) is 11.8. The molecule has 0 aromatic heterocycles. The van der Waals surface area contributed by atoms with Gasteiger partial charge in [-0.05, 0) is 10.8 Å². The number of ether oxygens (including phenoxy) is 1. The van der Waals surface area contributed by atoms with Gasteiger partial charge >= 0.3 is 0 Å². The molecule has 1 amide bonds. The maximum atomic E-state index is 11.8.